The second-order valence-corrected chi connectivity index (χ2v) is 5.18. The lowest BCUT2D eigenvalue weighted by molar-refractivity contribution is -0.141. The van der Waals surface area contributed by atoms with Gasteiger partial charge in [0.25, 0.3) is 0 Å². The number of methoxy groups -OCH3 is 1. The van der Waals surface area contributed by atoms with E-state index >= 15 is 0 Å². The third-order valence-corrected chi connectivity index (χ3v) is 3.87. The van der Waals surface area contributed by atoms with Crippen molar-refractivity contribution in [3.05, 3.63) is 28.8 Å². The Balaban J connectivity index is 2.03. The van der Waals surface area contributed by atoms with Crippen LogP contribution in [0.1, 0.15) is 18.4 Å². The number of hydrogen-bond acceptors (Lipinski definition) is 3. The number of rotatable bonds is 4. The van der Waals surface area contributed by atoms with Crippen LogP contribution in [0.2, 0.25) is 5.02 Å². The van der Waals surface area contributed by atoms with Crippen LogP contribution in [0.15, 0.2) is 18.2 Å². The van der Waals surface area contributed by atoms with Gasteiger partial charge >= 0.3 is 12.0 Å². The number of carboxylic acid groups (broad SMARTS) is 1. The average Bonchev–Trinajstić information content (AvgIpc) is 2.95. The van der Waals surface area contributed by atoms with E-state index in [1.54, 1.807) is 18.2 Å². The van der Waals surface area contributed by atoms with Crippen molar-refractivity contribution in [2.24, 2.45) is 0 Å². The number of aliphatic carboxylic acids is 1. The largest absolute Gasteiger partial charge is 0.496 e. The molecule has 0 unspecified atom stereocenters. The first-order valence-corrected chi connectivity index (χ1v) is 7.01. The Hall–Kier alpha value is -1.95. The number of likely N-dealkylation sites (tertiary alicyclic amines) is 1. The molecule has 1 fully saturated rings. The minimum atomic E-state index is -0.974. The summed E-state index contributed by atoms with van der Waals surface area (Å²) in [4.78, 5) is 24.5. The van der Waals surface area contributed by atoms with Gasteiger partial charge in [0.2, 0.25) is 0 Å². The third-order valence-electron chi connectivity index (χ3n) is 3.51. The van der Waals surface area contributed by atoms with Crippen molar-refractivity contribution in [1.82, 2.24) is 10.2 Å². The maximum atomic E-state index is 12.1. The molecule has 0 aliphatic carbocycles. The van der Waals surface area contributed by atoms with Gasteiger partial charge in [0.05, 0.1) is 7.11 Å². The Bertz CT molecular complexity index is 550. The lowest BCUT2D eigenvalue weighted by Crippen LogP contribution is -2.45. The van der Waals surface area contributed by atoms with Crippen LogP contribution < -0.4 is 10.1 Å². The number of halogens is 1. The fourth-order valence-electron chi connectivity index (χ4n) is 2.43. The van der Waals surface area contributed by atoms with Crippen LogP contribution in [0.5, 0.6) is 5.75 Å². The number of nitrogens with one attached hydrogen (secondary N) is 1. The Morgan fingerprint density at radius 2 is 2.29 bits per heavy atom. The Labute approximate surface area is 127 Å². The quantitative estimate of drug-likeness (QED) is 0.892. The smallest absolute Gasteiger partial charge is 0.326 e. The monoisotopic (exact) mass is 312 g/mol. The van der Waals surface area contributed by atoms with Crippen LogP contribution in [-0.4, -0.2) is 41.7 Å². The van der Waals surface area contributed by atoms with Gasteiger partial charge in [-0.1, -0.05) is 17.7 Å². The molecule has 0 radical (unpaired) electrons. The lowest BCUT2D eigenvalue weighted by atomic mass is 10.2. The molecule has 1 heterocycles. The standard InChI is InChI=1S/C14H17ClN2O4/c1-21-12-6-2-4-10(15)9(12)8-16-14(20)17-7-3-5-11(17)13(18)19/h2,4,6,11H,3,5,7-8H2,1H3,(H,16,20)(H,18,19)/t11-/m0/s1. The van der Waals surface area contributed by atoms with Gasteiger partial charge in [-0.25, -0.2) is 9.59 Å². The summed E-state index contributed by atoms with van der Waals surface area (Å²) in [6.07, 6.45) is 1.18. The highest BCUT2D eigenvalue weighted by molar-refractivity contribution is 6.31. The van der Waals surface area contributed by atoms with E-state index in [0.29, 0.717) is 35.7 Å². The second-order valence-electron chi connectivity index (χ2n) is 4.77. The highest BCUT2D eigenvalue weighted by atomic mass is 35.5. The van der Waals surface area contributed by atoms with Crippen molar-refractivity contribution in [2.45, 2.75) is 25.4 Å². The molecule has 1 atom stereocenters. The van der Waals surface area contributed by atoms with Gasteiger partial charge in [0.15, 0.2) is 0 Å². The van der Waals surface area contributed by atoms with Crippen LogP contribution in [0, 0.1) is 0 Å². The van der Waals surface area contributed by atoms with Crippen molar-refractivity contribution in [1.29, 1.82) is 0 Å². The third kappa shape index (κ3) is 3.39. The second kappa shape index (κ2) is 6.67. The van der Waals surface area contributed by atoms with Crippen molar-refractivity contribution in [3.63, 3.8) is 0 Å². The highest BCUT2D eigenvalue weighted by Gasteiger charge is 2.33. The molecule has 1 saturated heterocycles. The summed E-state index contributed by atoms with van der Waals surface area (Å²) >= 11 is 6.09. The number of benzene rings is 1. The van der Waals surface area contributed by atoms with Crippen LogP contribution >= 0.6 is 11.6 Å². The van der Waals surface area contributed by atoms with Crippen molar-refractivity contribution in [3.8, 4) is 5.75 Å². The van der Waals surface area contributed by atoms with Crippen LogP contribution in [0.4, 0.5) is 4.79 Å². The predicted molar refractivity (Wildman–Crippen MR) is 77.6 cm³/mol. The molecule has 7 heteroatoms. The molecular formula is C14H17ClN2O4. The molecule has 0 aromatic heterocycles. The van der Waals surface area contributed by atoms with Gasteiger partial charge in [-0.2, -0.15) is 0 Å². The molecular weight excluding hydrogens is 296 g/mol. The van der Waals surface area contributed by atoms with E-state index in [1.807, 2.05) is 0 Å². The zero-order chi connectivity index (χ0) is 15.4. The minimum Gasteiger partial charge on any atom is -0.496 e. The normalized spacial score (nSPS) is 17.6. The number of amides is 2. The molecule has 1 aliphatic heterocycles. The topological polar surface area (TPSA) is 78.9 Å². The van der Waals surface area contributed by atoms with Crippen LogP contribution in [-0.2, 0) is 11.3 Å². The summed E-state index contributed by atoms with van der Waals surface area (Å²) in [5, 5.41) is 12.3. The molecule has 0 bridgehead atoms. The summed E-state index contributed by atoms with van der Waals surface area (Å²) < 4.78 is 5.20. The van der Waals surface area contributed by atoms with Gasteiger partial charge in [-0.3, -0.25) is 0 Å². The number of carboxylic acids is 1. The van der Waals surface area contributed by atoms with Crippen LogP contribution in [0.3, 0.4) is 0 Å². The van der Waals surface area contributed by atoms with Crippen molar-refractivity contribution >= 4 is 23.6 Å². The number of ether oxygens (including phenoxy) is 1. The first-order chi connectivity index (χ1) is 10.0. The Morgan fingerprint density at radius 3 is 2.95 bits per heavy atom. The first kappa shape index (κ1) is 15.4. The molecule has 2 rings (SSSR count). The molecule has 2 amide bonds. The molecule has 1 aromatic carbocycles. The van der Waals surface area contributed by atoms with E-state index in [9.17, 15) is 9.59 Å². The number of nitrogens with zero attached hydrogens (tertiary/aromatic N) is 1. The maximum absolute atomic E-state index is 12.1. The van der Waals surface area contributed by atoms with Gasteiger partial charge in [-0.05, 0) is 25.0 Å². The molecule has 1 aliphatic rings. The summed E-state index contributed by atoms with van der Waals surface area (Å²) in [5.41, 5.74) is 0.668. The number of hydrogen-bond donors (Lipinski definition) is 2. The fraction of sp³-hybridized carbons (Fsp3) is 0.429. The van der Waals surface area contributed by atoms with Crippen molar-refractivity contribution < 1.29 is 19.4 Å². The lowest BCUT2D eigenvalue weighted by Gasteiger charge is -2.22. The van der Waals surface area contributed by atoms with Crippen LogP contribution in [0.25, 0.3) is 0 Å². The molecule has 0 spiro atoms. The van der Waals surface area contributed by atoms with E-state index in [0.717, 1.165) is 0 Å². The fourth-order valence-corrected chi connectivity index (χ4v) is 2.67. The average molecular weight is 313 g/mol. The Morgan fingerprint density at radius 1 is 1.52 bits per heavy atom. The molecule has 6 nitrogen and oxygen atoms in total. The minimum absolute atomic E-state index is 0.185. The predicted octanol–water partition coefficient (Wildman–Crippen LogP) is 2.11. The first-order valence-electron chi connectivity index (χ1n) is 6.63. The molecule has 21 heavy (non-hydrogen) atoms. The highest BCUT2D eigenvalue weighted by Crippen LogP contribution is 2.26. The summed E-state index contributed by atoms with van der Waals surface area (Å²) in [5.74, 6) is -0.392. The molecule has 0 saturated carbocycles. The van der Waals surface area contributed by atoms with Gasteiger partial charge in [0.1, 0.15) is 11.8 Å². The Kier molecular flexibility index (Phi) is 4.90. The molecule has 1 aromatic rings. The van der Waals surface area contributed by atoms with Gasteiger partial charge < -0.3 is 20.1 Å². The van der Waals surface area contributed by atoms with Gasteiger partial charge in [0, 0.05) is 23.7 Å². The van der Waals surface area contributed by atoms with Crippen molar-refractivity contribution in [2.75, 3.05) is 13.7 Å². The van der Waals surface area contributed by atoms with E-state index in [4.69, 9.17) is 21.4 Å². The zero-order valence-corrected chi connectivity index (χ0v) is 12.4. The SMILES string of the molecule is COc1cccc(Cl)c1CNC(=O)N1CCC[C@H]1C(=O)O. The maximum Gasteiger partial charge on any atom is 0.326 e. The summed E-state index contributed by atoms with van der Waals surface area (Å²) in [6, 6.07) is 4.07. The number of carbonyl (C=O) groups excluding carboxylic acids is 1. The van der Waals surface area contributed by atoms with Gasteiger partial charge in [-0.15, -0.1) is 0 Å². The molecule has 2 N–H and O–H groups in total. The van der Waals surface area contributed by atoms with E-state index < -0.39 is 18.0 Å². The summed E-state index contributed by atoms with van der Waals surface area (Å²) in [7, 11) is 1.53. The number of carbonyl (C=O) groups is 2. The molecule has 114 valence electrons. The van der Waals surface area contributed by atoms with E-state index in [2.05, 4.69) is 5.32 Å². The summed E-state index contributed by atoms with van der Waals surface area (Å²) in [6.45, 7) is 0.632. The van der Waals surface area contributed by atoms with E-state index in [1.165, 1.54) is 12.0 Å². The number of urea groups is 1. The van der Waals surface area contributed by atoms with E-state index in [-0.39, 0.29) is 6.54 Å². The zero-order valence-electron chi connectivity index (χ0n) is 11.6.